The van der Waals surface area contributed by atoms with Crippen LogP contribution in [-0.4, -0.2) is 24.9 Å². The Bertz CT molecular complexity index is 2010. The van der Waals surface area contributed by atoms with Crippen LogP contribution in [0.1, 0.15) is 33.4 Å². The summed E-state index contributed by atoms with van der Waals surface area (Å²) in [4.78, 5) is 0. The monoisotopic (exact) mass is 740 g/mol. The smallest absolute Gasteiger partial charge is 1.00 e. The van der Waals surface area contributed by atoms with Crippen LogP contribution >= 0.6 is 0 Å². The first-order valence-corrected chi connectivity index (χ1v) is 25.1. The Kier molecular flexibility index (Phi) is 8.19. The fraction of sp³-hybridized carbons (Fsp3) is 0.263. The predicted molar refractivity (Wildman–Crippen MR) is 187 cm³/mol. The third-order valence-corrected chi connectivity index (χ3v) is 17.8. The minimum absolute atomic E-state index is 0. The number of halogens is 2. The molecule has 45 heavy (non-hydrogen) atoms. The van der Waals surface area contributed by atoms with Gasteiger partial charge in [0.1, 0.15) is 0 Å². The first-order valence-electron chi connectivity index (χ1n) is 15.7. The quantitative estimate of drug-likeness (QED) is 0.246. The maximum absolute atomic E-state index is 2.80. The number of hydrogen-bond donors (Lipinski definition) is 0. The van der Waals surface area contributed by atoms with Crippen molar-refractivity contribution in [1.29, 1.82) is 0 Å². The second kappa shape index (κ2) is 11.2. The largest absolute Gasteiger partial charge is 1.00 e. The minimum Gasteiger partial charge on any atom is -1.00 e. The Hall–Kier alpha value is -2.14. The summed E-state index contributed by atoms with van der Waals surface area (Å²) in [5.74, 6) is 0. The zero-order chi connectivity index (χ0) is 30.0. The van der Waals surface area contributed by atoms with Crippen molar-refractivity contribution in [2.45, 2.75) is 66.0 Å². The molecule has 0 unspecified atom stereocenters. The molecule has 2 nitrogen and oxygen atoms in total. The van der Waals surface area contributed by atoms with Gasteiger partial charge in [-0.15, -0.1) is 0 Å². The van der Waals surface area contributed by atoms with E-state index in [0.717, 1.165) is 12.8 Å². The average molecular weight is 743 g/mol. The van der Waals surface area contributed by atoms with Crippen molar-refractivity contribution < 1.29 is 48.0 Å². The van der Waals surface area contributed by atoms with Crippen LogP contribution in [0.2, 0.25) is 39.3 Å². The number of aryl methyl sites for hydroxylation is 2. The van der Waals surface area contributed by atoms with E-state index in [9.17, 15) is 0 Å². The summed E-state index contributed by atoms with van der Waals surface area (Å²) in [6.45, 7) is 19.8. The van der Waals surface area contributed by atoms with Gasteiger partial charge in [0.25, 0.3) is 0 Å². The Morgan fingerprint density at radius 3 is 1.29 bits per heavy atom. The Morgan fingerprint density at radius 2 is 0.911 bits per heavy atom. The van der Waals surface area contributed by atoms with E-state index in [-0.39, 0.29) is 24.8 Å². The Labute approximate surface area is 293 Å². The zero-order valence-corrected chi connectivity index (χ0v) is 33.5. The molecule has 2 aliphatic carbocycles. The summed E-state index contributed by atoms with van der Waals surface area (Å²) in [5, 5.41) is 3.20. The molecule has 0 saturated carbocycles. The molecule has 0 saturated heterocycles. The average Bonchev–Trinajstić information content (AvgIpc) is 3.66. The molecule has 7 heteroatoms. The van der Waals surface area contributed by atoms with E-state index in [1.807, 2.05) is 0 Å². The number of hydrogen-bond acceptors (Lipinski definition) is 0. The van der Waals surface area contributed by atoms with Crippen LogP contribution in [0.3, 0.4) is 0 Å². The van der Waals surface area contributed by atoms with Crippen molar-refractivity contribution in [3.63, 3.8) is 0 Å². The van der Waals surface area contributed by atoms with Crippen molar-refractivity contribution >= 4 is 44.8 Å². The second-order valence-electron chi connectivity index (χ2n) is 14.8. The van der Waals surface area contributed by atoms with Gasteiger partial charge in [0.2, 0.25) is 0 Å². The molecule has 0 amide bonds. The van der Waals surface area contributed by atoms with Crippen LogP contribution in [0.5, 0.6) is 0 Å². The maximum Gasteiger partial charge on any atom is -1.00 e. The van der Waals surface area contributed by atoms with Gasteiger partial charge in [-0.05, 0) is 0 Å². The summed E-state index contributed by atoms with van der Waals surface area (Å²) in [6.07, 6.45) is 2.13. The maximum atomic E-state index is 2.80. The summed E-state index contributed by atoms with van der Waals surface area (Å²) in [6, 6.07) is 28.2. The molecule has 0 spiro atoms. The van der Waals surface area contributed by atoms with E-state index in [0.29, 0.717) is 0 Å². The number of rotatable bonds is 4. The van der Waals surface area contributed by atoms with Gasteiger partial charge >= 0.3 is 271 Å². The van der Waals surface area contributed by atoms with Crippen molar-refractivity contribution in [3.05, 3.63) is 106 Å². The van der Waals surface area contributed by atoms with Gasteiger partial charge < -0.3 is 24.8 Å². The first kappa shape index (κ1) is 32.8. The molecular weight excluding hydrogens is 703 g/mol. The molecule has 0 aliphatic heterocycles. The van der Waals surface area contributed by atoms with Gasteiger partial charge in [-0.2, -0.15) is 0 Å². The fourth-order valence-electron chi connectivity index (χ4n) is 8.07. The number of benzene rings is 4. The SMILES string of the molecule is Cc1ccc2c(c3c(n2[Si](C)(C)C)-c2ccccc2C3)[c]1[Zr+2][c]1c(C)ccc2c1c1c(n2[Si](C)(C)C)-c2ccccc2C1.[Cl-].[Cl-]. The number of fused-ring (bicyclic) bond motifs is 10. The van der Waals surface area contributed by atoms with E-state index in [1.165, 1.54) is 55.8 Å². The van der Waals surface area contributed by atoms with Gasteiger partial charge in [-0.1, -0.05) is 0 Å². The summed E-state index contributed by atoms with van der Waals surface area (Å²) in [5.41, 5.74) is 18.1. The third-order valence-electron chi connectivity index (χ3n) is 9.76. The molecule has 2 aliphatic rings. The molecular formula is C38H40Cl2N2Si2Zr. The van der Waals surface area contributed by atoms with E-state index >= 15 is 0 Å². The molecule has 0 atom stereocenters. The third kappa shape index (κ3) is 4.79. The standard InChI is InChI=1S/2C19H20NSi.2ClH.Zr/c2*1-13-9-10-18-16(11-13)17-12-14-7-5-6-8-15(14)19(17)20(18)21(2,3)4;;;/h2*5-10H,12H2,1-4H3;2*1H;/q;;;;+2/p-2. The predicted octanol–water partition coefficient (Wildman–Crippen LogP) is 2.76. The molecule has 2 aromatic heterocycles. The van der Waals surface area contributed by atoms with Crippen molar-refractivity contribution in [2.75, 3.05) is 0 Å². The van der Waals surface area contributed by atoms with Crippen molar-refractivity contribution in [2.24, 2.45) is 0 Å². The Morgan fingerprint density at radius 1 is 0.533 bits per heavy atom. The van der Waals surface area contributed by atoms with E-state index in [2.05, 4.69) is 134 Å². The van der Waals surface area contributed by atoms with E-state index in [4.69, 9.17) is 0 Å². The van der Waals surface area contributed by atoms with Crippen LogP contribution < -0.4 is 31.4 Å². The molecule has 0 N–H and O–H groups in total. The number of aromatic nitrogens is 2. The van der Waals surface area contributed by atoms with Crippen molar-refractivity contribution in [1.82, 2.24) is 8.47 Å². The van der Waals surface area contributed by atoms with Crippen LogP contribution in [0, 0.1) is 13.8 Å². The molecule has 0 bridgehead atoms. The van der Waals surface area contributed by atoms with E-state index in [1.54, 1.807) is 28.4 Å². The minimum atomic E-state index is -1.69. The van der Waals surface area contributed by atoms with Crippen LogP contribution in [0.15, 0.2) is 72.8 Å². The van der Waals surface area contributed by atoms with Crippen LogP contribution in [0.25, 0.3) is 44.3 Å². The first-order chi connectivity index (χ1) is 20.4. The van der Waals surface area contributed by atoms with Gasteiger partial charge in [-0.25, -0.2) is 0 Å². The number of nitrogens with zero attached hydrogens (tertiary/aromatic N) is 2. The van der Waals surface area contributed by atoms with Crippen molar-refractivity contribution in [3.8, 4) is 22.5 Å². The Balaban J connectivity index is 0.00000179. The summed E-state index contributed by atoms with van der Waals surface area (Å²) in [7, 11) is -3.38. The second-order valence-corrected chi connectivity index (χ2v) is 27.4. The molecule has 8 rings (SSSR count). The van der Waals surface area contributed by atoms with Gasteiger partial charge in [0.05, 0.1) is 0 Å². The van der Waals surface area contributed by atoms with Gasteiger partial charge in [0, 0.05) is 0 Å². The normalized spacial score (nSPS) is 13.2. The topological polar surface area (TPSA) is 9.86 Å². The van der Waals surface area contributed by atoms with Gasteiger partial charge in [0.15, 0.2) is 0 Å². The van der Waals surface area contributed by atoms with Crippen LogP contribution in [-0.2, 0) is 36.1 Å². The van der Waals surface area contributed by atoms with Crippen LogP contribution in [0.4, 0.5) is 0 Å². The molecule has 2 heterocycles. The fourth-order valence-corrected chi connectivity index (χ4v) is 15.7. The van der Waals surface area contributed by atoms with E-state index < -0.39 is 39.7 Å². The molecule has 0 fully saturated rings. The summed E-state index contributed by atoms with van der Waals surface area (Å²) < 4.78 is 9.00. The molecule has 228 valence electrons. The van der Waals surface area contributed by atoms with Gasteiger partial charge in [-0.3, -0.25) is 0 Å². The zero-order valence-electron chi connectivity index (χ0n) is 27.5. The summed E-state index contributed by atoms with van der Waals surface area (Å²) >= 11 is -1.20. The molecule has 6 aromatic rings. The molecule has 4 aromatic carbocycles. The molecule has 0 radical (unpaired) electrons.